The molecular weight excluding hydrogens is 330 g/mol. The summed E-state index contributed by atoms with van der Waals surface area (Å²) in [5.74, 6) is -1.13. The van der Waals surface area contributed by atoms with E-state index in [4.69, 9.17) is 5.11 Å². The van der Waals surface area contributed by atoms with Gasteiger partial charge in [-0.25, -0.2) is 9.59 Å². The number of carbonyl (C=O) groups excluding carboxylic acids is 1. The van der Waals surface area contributed by atoms with Crippen LogP contribution in [0.15, 0.2) is 39.5 Å². The van der Waals surface area contributed by atoms with Gasteiger partial charge in [-0.1, -0.05) is 21.1 Å². The van der Waals surface area contributed by atoms with Gasteiger partial charge in [-0.2, -0.15) is 0 Å². The minimum absolute atomic E-state index is 0.00374. The van der Waals surface area contributed by atoms with Crippen LogP contribution in [-0.4, -0.2) is 22.3 Å². The lowest BCUT2D eigenvalue weighted by Gasteiger charge is -2.09. The average molecular weight is 340 g/mol. The molecule has 2 aromatic rings. The molecule has 104 valence electrons. The van der Waals surface area contributed by atoms with Crippen LogP contribution in [0.5, 0.6) is 0 Å². The van der Waals surface area contributed by atoms with Gasteiger partial charge in [0, 0.05) is 10.5 Å². The minimum Gasteiger partial charge on any atom is -0.478 e. The molecular formula is C12H10BrN3O4. The quantitative estimate of drug-likeness (QED) is 0.793. The number of anilines is 1. The molecule has 2 rings (SSSR count). The molecule has 2 amide bonds. The average Bonchev–Trinajstić information content (AvgIpc) is 2.91. The lowest BCUT2D eigenvalue weighted by atomic mass is 10.2. The highest BCUT2D eigenvalue weighted by atomic mass is 79.9. The van der Waals surface area contributed by atoms with E-state index in [9.17, 15) is 9.59 Å². The van der Waals surface area contributed by atoms with Gasteiger partial charge >= 0.3 is 12.0 Å². The largest absolute Gasteiger partial charge is 0.478 e. The van der Waals surface area contributed by atoms with E-state index in [1.54, 1.807) is 12.1 Å². The highest BCUT2D eigenvalue weighted by Gasteiger charge is 2.13. The molecule has 0 unspecified atom stereocenters. The summed E-state index contributed by atoms with van der Waals surface area (Å²) >= 11 is 3.18. The van der Waals surface area contributed by atoms with E-state index in [1.807, 2.05) is 0 Å². The first-order valence-electron chi connectivity index (χ1n) is 5.53. The van der Waals surface area contributed by atoms with Gasteiger partial charge in [0.15, 0.2) is 0 Å². The number of aromatic nitrogens is 1. The third-order valence-corrected chi connectivity index (χ3v) is 2.87. The number of rotatable bonds is 4. The Bertz CT molecular complexity index is 628. The normalized spacial score (nSPS) is 10.1. The Kier molecular flexibility index (Phi) is 4.36. The summed E-state index contributed by atoms with van der Waals surface area (Å²) in [5.41, 5.74) is 0.767. The Balaban J connectivity index is 2.02. The van der Waals surface area contributed by atoms with Gasteiger partial charge in [0.05, 0.1) is 17.8 Å². The van der Waals surface area contributed by atoms with Gasteiger partial charge in [0.25, 0.3) is 0 Å². The monoisotopic (exact) mass is 339 g/mol. The summed E-state index contributed by atoms with van der Waals surface area (Å²) in [5, 5.41) is 17.7. The summed E-state index contributed by atoms with van der Waals surface area (Å²) in [7, 11) is 0. The topological polar surface area (TPSA) is 104 Å². The van der Waals surface area contributed by atoms with Crippen LogP contribution in [0, 0.1) is 0 Å². The number of halogens is 1. The summed E-state index contributed by atoms with van der Waals surface area (Å²) < 4.78 is 5.24. The van der Waals surface area contributed by atoms with Crippen molar-refractivity contribution in [2.75, 3.05) is 5.32 Å². The Morgan fingerprint density at radius 3 is 2.80 bits per heavy atom. The van der Waals surface area contributed by atoms with Crippen LogP contribution >= 0.6 is 15.9 Å². The maximum Gasteiger partial charge on any atom is 0.337 e. The van der Waals surface area contributed by atoms with Crippen LogP contribution in [0.3, 0.4) is 0 Å². The van der Waals surface area contributed by atoms with Crippen molar-refractivity contribution in [1.82, 2.24) is 10.5 Å². The Hall–Kier alpha value is -2.35. The highest BCUT2D eigenvalue weighted by Crippen LogP contribution is 2.21. The van der Waals surface area contributed by atoms with Crippen LogP contribution in [0.25, 0.3) is 0 Å². The molecule has 20 heavy (non-hydrogen) atoms. The first-order valence-corrected chi connectivity index (χ1v) is 6.32. The van der Waals surface area contributed by atoms with Crippen molar-refractivity contribution < 1.29 is 19.2 Å². The number of nitrogens with zero attached hydrogens (tertiary/aromatic N) is 1. The molecule has 1 heterocycles. The predicted octanol–water partition coefficient (Wildman–Crippen LogP) is 2.46. The number of carboxylic acids is 1. The van der Waals surface area contributed by atoms with Crippen molar-refractivity contribution in [1.29, 1.82) is 0 Å². The summed E-state index contributed by atoms with van der Waals surface area (Å²) in [6, 6.07) is 5.64. The first kappa shape index (κ1) is 14.1. The molecule has 0 atom stereocenters. The molecule has 8 heteroatoms. The van der Waals surface area contributed by atoms with Crippen LogP contribution in [0.2, 0.25) is 0 Å². The fraction of sp³-hybridized carbons (Fsp3) is 0.0833. The number of nitrogens with one attached hydrogen (secondary N) is 2. The smallest absolute Gasteiger partial charge is 0.337 e. The second kappa shape index (κ2) is 6.20. The Labute approximate surface area is 122 Å². The minimum atomic E-state index is -1.13. The molecule has 0 aliphatic rings. The van der Waals surface area contributed by atoms with Crippen molar-refractivity contribution in [2.45, 2.75) is 6.54 Å². The third-order valence-electron chi connectivity index (χ3n) is 2.38. The van der Waals surface area contributed by atoms with Crippen molar-refractivity contribution in [3.05, 3.63) is 46.3 Å². The van der Waals surface area contributed by atoms with E-state index in [0.29, 0.717) is 10.2 Å². The first-order chi connectivity index (χ1) is 9.56. The van der Waals surface area contributed by atoms with Crippen molar-refractivity contribution in [3.8, 4) is 0 Å². The molecule has 0 spiro atoms. The number of benzene rings is 1. The maximum atomic E-state index is 11.7. The lowest BCUT2D eigenvalue weighted by molar-refractivity contribution is 0.0698. The Morgan fingerprint density at radius 2 is 2.15 bits per heavy atom. The van der Waals surface area contributed by atoms with Crippen molar-refractivity contribution >= 4 is 33.6 Å². The standard InChI is InChI=1S/C12H10BrN3O4/c13-7-1-2-10(9(5-7)11(17)18)15-12(19)14-6-8-3-4-20-16-8/h1-5H,6H2,(H,17,18)(H2,14,15,19). The number of aromatic carboxylic acids is 1. The van der Waals surface area contributed by atoms with Crippen LogP contribution in [0.1, 0.15) is 16.1 Å². The zero-order valence-electron chi connectivity index (χ0n) is 10.1. The summed E-state index contributed by atoms with van der Waals surface area (Å²) in [4.78, 5) is 22.8. The van der Waals surface area contributed by atoms with Gasteiger partial charge in [0.2, 0.25) is 0 Å². The summed E-state index contributed by atoms with van der Waals surface area (Å²) in [6.07, 6.45) is 1.40. The van der Waals surface area contributed by atoms with E-state index < -0.39 is 12.0 Å². The zero-order chi connectivity index (χ0) is 14.5. The van der Waals surface area contributed by atoms with E-state index >= 15 is 0 Å². The van der Waals surface area contributed by atoms with Crippen LogP contribution in [0.4, 0.5) is 10.5 Å². The molecule has 0 radical (unpaired) electrons. The third kappa shape index (κ3) is 3.58. The van der Waals surface area contributed by atoms with Gasteiger partial charge in [-0.15, -0.1) is 0 Å². The zero-order valence-corrected chi connectivity index (χ0v) is 11.7. The molecule has 0 fully saturated rings. The van der Waals surface area contributed by atoms with Gasteiger partial charge in [-0.3, -0.25) is 0 Å². The molecule has 0 bridgehead atoms. The number of carbonyl (C=O) groups is 2. The van der Waals surface area contributed by atoms with E-state index in [-0.39, 0.29) is 17.8 Å². The lowest BCUT2D eigenvalue weighted by Crippen LogP contribution is -2.29. The Morgan fingerprint density at radius 1 is 1.35 bits per heavy atom. The number of hydrogen-bond acceptors (Lipinski definition) is 4. The van der Waals surface area contributed by atoms with Crippen LogP contribution < -0.4 is 10.6 Å². The number of urea groups is 1. The second-order valence-electron chi connectivity index (χ2n) is 3.79. The molecule has 7 nitrogen and oxygen atoms in total. The maximum absolute atomic E-state index is 11.7. The van der Waals surface area contributed by atoms with E-state index in [2.05, 4.69) is 36.2 Å². The highest BCUT2D eigenvalue weighted by molar-refractivity contribution is 9.10. The molecule has 0 saturated heterocycles. The molecule has 1 aromatic carbocycles. The number of amides is 2. The SMILES string of the molecule is O=C(NCc1ccon1)Nc1ccc(Br)cc1C(=O)O. The molecule has 0 aliphatic heterocycles. The number of hydrogen-bond donors (Lipinski definition) is 3. The van der Waals surface area contributed by atoms with Gasteiger partial charge in [-0.05, 0) is 18.2 Å². The van der Waals surface area contributed by atoms with Gasteiger partial charge < -0.3 is 20.3 Å². The van der Waals surface area contributed by atoms with Crippen molar-refractivity contribution in [3.63, 3.8) is 0 Å². The number of carboxylic acid groups (broad SMARTS) is 1. The molecule has 3 N–H and O–H groups in total. The fourth-order valence-electron chi connectivity index (χ4n) is 1.47. The van der Waals surface area contributed by atoms with E-state index in [1.165, 1.54) is 18.4 Å². The summed E-state index contributed by atoms with van der Waals surface area (Å²) in [6.45, 7) is 0.182. The van der Waals surface area contributed by atoms with E-state index in [0.717, 1.165) is 0 Å². The fourth-order valence-corrected chi connectivity index (χ4v) is 1.83. The predicted molar refractivity (Wildman–Crippen MR) is 73.5 cm³/mol. The van der Waals surface area contributed by atoms with Crippen molar-refractivity contribution in [2.24, 2.45) is 0 Å². The second-order valence-corrected chi connectivity index (χ2v) is 4.71. The molecule has 0 saturated carbocycles. The van der Waals surface area contributed by atoms with Crippen LogP contribution in [-0.2, 0) is 6.54 Å². The molecule has 1 aromatic heterocycles. The molecule has 0 aliphatic carbocycles. The van der Waals surface area contributed by atoms with Gasteiger partial charge in [0.1, 0.15) is 12.0 Å².